The quantitative estimate of drug-likeness (QED) is 0.716. The fourth-order valence-corrected chi connectivity index (χ4v) is 3.76. The van der Waals surface area contributed by atoms with E-state index in [1.165, 1.54) is 24.4 Å². The first-order chi connectivity index (χ1) is 12.3. The lowest BCUT2D eigenvalue weighted by Gasteiger charge is -2.38. The Hall–Kier alpha value is -2.61. The zero-order valence-electron chi connectivity index (χ0n) is 13.4. The van der Waals surface area contributed by atoms with Gasteiger partial charge >= 0.3 is 0 Å². The summed E-state index contributed by atoms with van der Waals surface area (Å²) in [5.74, 6) is 1.56. The van der Waals surface area contributed by atoms with Crippen LogP contribution in [0.2, 0.25) is 0 Å². The van der Waals surface area contributed by atoms with Gasteiger partial charge in [0.1, 0.15) is 5.82 Å². The summed E-state index contributed by atoms with van der Waals surface area (Å²) in [7, 11) is 0. The molecule has 0 radical (unpaired) electrons. The zero-order valence-corrected chi connectivity index (χ0v) is 14.3. The number of rotatable bonds is 4. The third kappa shape index (κ3) is 2.72. The van der Waals surface area contributed by atoms with E-state index in [0.29, 0.717) is 5.92 Å². The Morgan fingerprint density at radius 3 is 2.64 bits per heavy atom. The molecule has 0 bridgehead atoms. The molecule has 25 heavy (non-hydrogen) atoms. The van der Waals surface area contributed by atoms with Gasteiger partial charge in [-0.05, 0) is 31.0 Å². The lowest BCUT2D eigenvalue weighted by molar-refractivity contribution is 0.354. The fourth-order valence-electron chi connectivity index (χ4n) is 2.99. The van der Waals surface area contributed by atoms with Crippen molar-refractivity contribution in [3.63, 3.8) is 0 Å². The number of pyridine rings is 1. The lowest BCUT2D eigenvalue weighted by Crippen LogP contribution is -2.51. The number of hydrogen-bond acceptors (Lipinski definition) is 7. The Balaban J connectivity index is 1.35. The van der Waals surface area contributed by atoms with Crippen molar-refractivity contribution in [2.45, 2.75) is 24.8 Å². The average Bonchev–Trinajstić information content (AvgIpc) is 3.35. The van der Waals surface area contributed by atoms with Crippen LogP contribution in [-0.4, -0.2) is 37.2 Å². The van der Waals surface area contributed by atoms with E-state index < -0.39 is 0 Å². The Kier molecular flexibility index (Phi) is 3.37. The van der Waals surface area contributed by atoms with Crippen molar-refractivity contribution in [1.29, 1.82) is 0 Å². The average molecular weight is 352 g/mol. The highest BCUT2D eigenvalue weighted by Gasteiger charge is 2.34. The highest BCUT2D eigenvalue weighted by Crippen LogP contribution is 2.40. The minimum Gasteiger partial charge on any atom is -0.342 e. The Morgan fingerprint density at radius 1 is 1.08 bits per heavy atom. The van der Waals surface area contributed by atoms with Gasteiger partial charge in [0.25, 0.3) is 5.56 Å². The van der Waals surface area contributed by atoms with Crippen molar-refractivity contribution in [3.8, 4) is 11.3 Å². The van der Waals surface area contributed by atoms with Gasteiger partial charge < -0.3 is 4.90 Å². The van der Waals surface area contributed by atoms with Crippen LogP contribution in [0.4, 0.5) is 5.13 Å². The van der Waals surface area contributed by atoms with Crippen LogP contribution in [-0.2, 0) is 0 Å². The molecule has 1 aliphatic carbocycles. The van der Waals surface area contributed by atoms with Crippen molar-refractivity contribution < 1.29 is 0 Å². The van der Waals surface area contributed by atoms with Gasteiger partial charge in [-0.25, -0.2) is 9.67 Å². The summed E-state index contributed by atoms with van der Waals surface area (Å²) in [6.07, 6.45) is 5.87. The van der Waals surface area contributed by atoms with Crippen molar-refractivity contribution in [1.82, 2.24) is 24.1 Å². The van der Waals surface area contributed by atoms with Gasteiger partial charge in [-0.1, -0.05) is 0 Å². The highest BCUT2D eigenvalue weighted by molar-refractivity contribution is 7.09. The fraction of sp³-hybridized carbons (Fsp3) is 0.353. The van der Waals surface area contributed by atoms with Crippen LogP contribution < -0.4 is 10.5 Å². The van der Waals surface area contributed by atoms with Crippen LogP contribution in [0.25, 0.3) is 11.3 Å². The Morgan fingerprint density at radius 2 is 1.88 bits per heavy atom. The predicted molar refractivity (Wildman–Crippen MR) is 94.9 cm³/mol. The predicted octanol–water partition coefficient (Wildman–Crippen LogP) is 2.10. The first kappa shape index (κ1) is 14.7. The van der Waals surface area contributed by atoms with Gasteiger partial charge in [0.2, 0.25) is 5.13 Å². The van der Waals surface area contributed by atoms with E-state index in [1.807, 2.05) is 12.1 Å². The van der Waals surface area contributed by atoms with E-state index in [1.54, 1.807) is 29.2 Å². The summed E-state index contributed by atoms with van der Waals surface area (Å²) < 4.78 is 6.04. The van der Waals surface area contributed by atoms with E-state index in [4.69, 9.17) is 0 Å². The second kappa shape index (κ2) is 5.73. The standard InChI is InChI=1S/C17H16N6OS/c24-15-4-3-14(11-5-7-18-8-6-11)20-23(15)13-9-22(10-13)17-19-16(21-25-17)12-1-2-12/h3-8,12-13H,1-2,9-10H2. The van der Waals surface area contributed by atoms with Crippen LogP contribution in [0.3, 0.4) is 0 Å². The monoisotopic (exact) mass is 352 g/mol. The summed E-state index contributed by atoms with van der Waals surface area (Å²) in [5, 5.41) is 5.51. The first-order valence-corrected chi connectivity index (χ1v) is 9.14. The van der Waals surface area contributed by atoms with Crippen molar-refractivity contribution in [2.24, 2.45) is 0 Å². The van der Waals surface area contributed by atoms with Crippen LogP contribution in [0.1, 0.15) is 30.6 Å². The molecule has 3 aromatic rings. The SMILES string of the molecule is O=c1ccc(-c2ccncc2)nn1C1CN(c2nc(C3CC3)ns2)C1. The number of aromatic nitrogens is 5. The molecule has 4 heterocycles. The van der Waals surface area contributed by atoms with Gasteiger partial charge in [0.15, 0.2) is 0 Å². The highest BCUT2D eigenvalue weighted by atomic mass is 32.1. The maximum atomic E-state index is 12.2. The molecule has 1 saturated heterocycles. The van der Waals surface area contributed by atoms with Crippen LogP contribution in [0, 0.1) is 0 Å². The molecule has 1 aliphatic heterocycles. The lowest BCUT2D eigenvalue weighted by atomic mass is 10.1. The summed E-state index contributed by atoms with van der Waals surface area (Å²) >= 11 is 1.45. The summed E-state index contributed by atoms with van der Waals surface area (Å²) in [5.41, 5.74) is 1.67. The van der Waals surface area contributed by atoms with Gasteiger partial charge in [0.05, 0.1) is 11.7 Å². The van der Waals surface area contributed by atoms with Crippen molar-refractivity contribution >= 4 is 16.7 Å². The Labute approximate surface area is 148 Å². The molecule has 2 fully saturated rings. The molecule has 0 atom stereocenters. The molecule has 0 N–H and O–H groups in total. The number of anilines is 1. The number of hydrogen-bond donors (Lipinski definition) is 0. The zero-order chi connectivity index (χ0) is 16.8. The van der Waals surface area contributed by atoms with E-state index >= 15 is 0 Å². The molecule has 5 rings (SSSR count). The second-order valence-electron chi connectivity index (χ2n) is 6.51. The molecule has 1 saturated carbocycles. The molecule has 0 unspecified atom stereocenters. The maximum absolute atomic E-state index is 12.2. The molecule has 126 valence electrons. The molecular weight excluding hydrogens is 336 g/mol. The molecule has 3 aromatic heterocycles. The largest absolute Gasteiger partial charge is 0.342 e. The normalized spacial score (nSPS) is 17.5. The van der Waals surface area contributed by atoms with E-state index in [-0.39, 0.29) is 11.6 Å². The molecule has 0 aromatic carbocycles. The molecule has 8 heteroatoms. The molecule has 0 spiro atoms. The van der Waals surface area contributed by atoms with Gasteiger partial charge in [0, 0.05) is 54.6 Å². The maximum Gasteiger partial charge on any atom is 0.267 e. The molecule has 0 amide bonds. The van der Waals surface area contributed by atoms with Gasteiger partial charge in [-0.15, -0.1) is 0 Å². The van der Waals surface area contributed by atoms with Crippen LogP contribution in [0.5, 0.6) is 0 Å². The van der Waals surface area contributed by atoms with Crippen molar-refractivity contribution in [2.75, 3.05) is 18.0 Å². The molecular formula is C17H16N6OS. The minimum absolute atomic E-state index is 0.0709. The van der Waals surface area contributed by atoms with E-state index in [0.717, 1.165) is 35.3 Å². The first-order valence-electron chi connectivity index (χ1n) is 8.37. The van der Waals surface area contributed by atoms with E-state index in [2.05, 4.69) is 24.3 Å². The van der Waals surface area contributed by atoms with Gasteiger partial charge in [-0.2, -0.15) is 9.47 Å². The smallest absolute Gasteiger partial charge is 0.267 e. The van der Waals surface area contributed by atoms with Crippen LogP contribution in [0.15, 0.2) is 41.5 Å². The van der Waals surface area contributed by atoms with E-state index in [9.17, 15) is 4.79 Å². The Bertz CT molecular complexity index is 959. The van der Waals surface area contributed by atoms with Gasteiger partial charge in [-0.3, -0.25) is 9.78 Å². The minimum atomic E-state index is -0.0709. The van der Waals surface area contributed by atoms with Crippen LogP contribution >= 0.6 is 11.5 Å². The number of nitrogens with zero attached hydrogens (tertiary/aromatic N) is 6. The summed E-state index contributed by atoms with van der Waals surface area (Å²) in [6, 6.07) is 7.21. The third-order valence-corrected chi connectivity index (χ3v) is 5.44. The summed E-state index contributed by atoms with van der Waals surface area (Å²) in [6.45, 7) is 1.48. The second-order valence-corrected chi connectivity index (χ2v) is 7.24. The summed E-state index contributed by atoms with van der Waals surface area (Å²) in [4.78, 5) is 23.0. The molecule has 7 nitrogen and oxygen atoms in total. The van der Waals surface area contributed by atoms with Crippen molar-refractivity contribution in [3.05, 3.63) is 52.8 Å². The third-order valence-electron chi connectivity index (χ3n) is 4.65. The topological polar surface area (TPSA) is 76.8 Å². The molecule has 2 aliphatic rings.